The minimum absolute atomic E-state index is 0.0284. The molecule has 0 aliphatic heterocycles. The Hall–Kier alpha value is -2.41. The van der Waals surface area contributed by atoms with Gasteiger partial charge < -0.3 is 0 Å². The summed E-state index contributed by atoms with van der Waals surface area (Å²) in [5, 5.41) is 2.42. The Kier molecular flexibility index (Phi) is 4.29. The third-order valence-electron chi connectivity index (χ3n) is 3.36. The van der Waals surface area contributed by atoms with E-state index < -0.39 is 5.82 Å². The third kappa shape index (κ3) is 3.68. The Bertz CT molecular complexity index is 783. The van der Waals surface area contributed by atoms with E-state index in [9.17, 15) is 14.0 Å². The van der Waals surface area contributed by atoms with Crippen LogP contribution in [0.15, 0.2) is 29.9 Å². The Morgan fingerprint density at radius 1 is 1.39 bits per heavy atom. The average molecular weight is 331 g/mol. The van der Waals surface area contributed by atoms with Gasteiger partial charge in [-0.1, -0.05) is 0 Å². The highest BCUT2D eigenvalue weighted by atomic mass is 32.1. The number of ketones is 1. The molecule has 0 atom stereocenters. The second kappa shape index (κ2) is 6.37. The number of carbonyl (C=O) groups is 2. The number of anilines is 1. The number of carbonyl (C=O) groups excluding carboxylic acids is 2. The van der Waals surface area contributed by atoms with Gasteiger partial charge in [-0.25, -0.2) is 9.37 Å². The lowest BCUT2D eigenvalue weighted by atomic mass is 10.2. The zero-order valence-corrected chi connectivity index (χ0v) is 13.2. The molecule has 2 aromatic heterocycles. The number of hydrogen-bond donors (Lipinski definition) is 0. The maximum Gasteiger partial charge on any atom is 0.225 e. The number of nitrogens with zero attached hydrogens (tertiary/aromatic N) is 3. The normalized spacial score (nSPS) is 14.2. The summed E-state index contributed by atoms with van der Waals surface area (Å²) >= 11 is 1.36. The van der Waals surface area contributed by atoms with E-state index in [4.69, 9.17) is 0 Å². The van der Waals surface area contributed by atoms with E-state index in [0.29, 0.717) is 10.8 Å². The molecule has 5 nitrogen and oxygen atoms in total. The molecule has 0 N–H and O–H groups in total. The lowest BCUT2D eigenvalue weighted by Gasteiger charge is -2.16. The van der Waals surface area contributed by atoms with Crippen molar-refractivity contribution in [3.8, 4) is 0 Å². The summed E-state index contributed by atoms with van der Waals surface area (Å²) in [5.74, 6) is -0.932. The molecule has 3 rings (SSSR count). The largest absolute Gasteiger partial charge is 0.289 e. The van der Waals surface area contributed by atoms with Crippen LogP contribution in [0.3, 0.4) is 0 Å². The summed E-state index contributed by atoms with van der Waals surface area (Å²) in [6.07, 6.45) is 7.22. The summed E-state index contributed by atoms with van der Waals surface area (Å²) in [6, 6.07) is 1.38. The summed E-state index contributed by atoms with van der Waals surface area (Å²) in [4.78, 5) is 33.4. The lowest BCUT2D eigenvalue weighted by molar-refractivity contribution is -0.116. The van der Waals surface area contributed by atoms with E-state index in [0.717, 1.165) is 25.1 Å². The second-order valence-electron chi connectivity index (χ2n) is 5.26. The van der Waals surface area contributed by atoms with Crippen LogP contribution in [0.1, 0.15) is 35.8 Å². The SMILES string of the molecule is CC(=O)N(c1nc(/C=C/C(=O)c2cncc(F)c2)cs1)C1CC1. The molecule has 1 saturated carbocycles. The van der Waals surface area contributed by atoms with Crippen LogP contribution in [0.4, 0.5) is 9.52 Å². The van der Waals surface area contributed by atoms with E-state index in [-0.39, 0.29) is 23.3 Å². The molecular weight excluding hydrogens is 317 g/mol. The molecule has 1 amide bonds. The number of amides is 1. The zero-order valence-electron chi connectivity index (χ0n) is 12.4. The van der Waals surface area contributed by atoms with Crippen molar-refractivity contribution < 1.29 is 14.0 Å². The highest BCUT2D eigenvalue weighted by molar-refractivity contribution is 7.14. The molecule has 0 saturated heterocycles. The fourth-order valence-electron chi connectivity index (χ4n) is 2.15. The summed E-state index contributed by atoms with van der Waals surface area (Å²) in [6.45, 7) is 1.52. The van der Waals surface area contributed by atoms with Crippen LogP contribution < -0.4 is 4.90 Å². The van der Waals surface area contributed by atoms with E-state index in [2.05, 4.69) is 9.97 Å². The third-order valence-corrected chi connectivity index (χ3v) is 4.22. The van der Waals surface area contributed by atoms with E-state index in [1.807, 2.05) is 0 Å². The second-order valence-corrected chi connectivity index (χ2v) is 6.10. The van der Waals surface area contributed by atoms with Crippen LogP contribution in [0.5, 0.6) is 0 Å². The van der Waals surface area contributed by atoms with E-state index >= 15 is 0 Å². The van der Waals surface area contributed by atoms with Gasteiger partial charge in [-0.05, 0) is 31.1 Å². The number of aromatic nitrogens is 2. The number of hydrogen-bond acceptors (Lipinski definition) is 5. The predicted molar refractivity (Wildman–Crippen MR) is 85.9 cm³/mol. The van der Waals surface area contributed by atoms with Crippen molar-refractivity contribution in [1.29, 1.82) is 0 Å². The van der Waals surface area contributed by atoms with Gasteiger partial charge in [0.25, 0.3) is 0 Å². The molecule has 7 heteroatoms. The molecule has 0 aromatic carbocycles. The fraction of sp³-hybridized carbons (Fsp3) is 0.250. The van der Waals surface area contributed by atoms with Crippen LogP contribution in [0, 0.1) is 5.82 Å². The van der Waals surface area contributed by atoms with E-state index in [1.165, 1.54) is 30.5 Å². The highest BCUT2D eigenvalue weighted by Gasteiger charge is 2.33. The van der Waals surface area contributed by atoms with Crippen molar-refractivity contribution in [3.05, 3.63) is 47.0 Å². The Morgan fingerprint density at radius 3 is 2.83 bits per heavy atom. The molecule has 1 aliphatic rings. The van der Waals surface area contributed by atoms with Gasteiger partial charge in [0.1, 0.15) is 5.82 Å². The number of pyridine rings is 1. The molecule has 0 bridgehead atoms. The minimum Gasteiger partial charge on any atom is -0.289 e. The molecule has 0 unspecified atom stereocenters. The summed E-state index contributed by atoms with van der Waals surface area (Å²) in [7, 11) is 0. The monoisotopic (exact) mass is 331 g/mol. The van der Waals surface area contributed by atoms with Crippen molar-refractivity contribution in [2.75, 3.05) is 4.90 Å². The highest BCUT2D eigenvalue weighted by Crippen LogP contribution is 2.33. The first-order chi connectivity index (χ1) is 11.0. The van der Waals surface area contributed by atoms with Crippen LogP contribution in [0.2, 0.25) is 0 Å². The lowest BCUT2D eigenvalue weighted by Crippen LogP contribution is -2.30. The Balaban J connectivity index is 1.73. The topological polar surface area (TPSA) is 63.2 Å². The van der Waals surface area contributed by atoms with Crippen molar-refractivity contribution >= 4 is 34.2 Å². The molecule has 118 valence electrons. The Morgan fingerprint density at radius 2 is 2.17 bits per heavy atom. The van der Waals surface area contributed by atoms with Crippen molar-refractivity contribution in [3.63, 3.8) is 0 Å². The number of allylic oxidation sites excluding steroid dienone is 1. The molecular formula is C16H14FN3O2S. The zero-order chi connectivity index (χ0) is 16.4. The summed E-state index contributed by atoms with van der Waals surface area (Å²) < 4.78 is 13.1. The Labute approximate surface area is 136 Å². The number of rotatable bonds is 5. The van der Waals surface area contributed by atoms with Gasteiger partial charge in [-0.2, -0.15) is 0 Å². The first-order valence-electron chi connectivity index (χ1n) is 7.13. The standard InChI is InChI=1S/C16H14FN3O2S/c1-10(21)20(14-3-4-14)16-19-13(9-23-16)2-5-15(22)11-6-12(17)8-18-7-11/h2,5-9,14H,3-4H2,1H3/b5-2+. The van der Waals surface area contributed by atoms with Gasteiger partial charge in [0.05, 0.1) is 11.9 Å². The van der Waals surface area contributed by atoms with Crippen LogP contribution in [-0.2, 0) is 4.79 Å². The van der Waals surface area contributed by atoms with Gasteiger partial charge >= 0.3 is 0 Å². The number of halogens is 1. The van der Waals surface area contributed by atoms with Gasteiger partial charge in [-0.3, -0.25) is 19.5 Å². The first-order valence-corrected chi connectivity index (χ1v) is 8.01. The quantitative estimate of drug-likeness (QED) is 0.624. The van der Waals surface area contributed by atoms with E-state index in [1.54, 1.807) is 16.4 Å². The maximum absolute atomic E-state index is 13.1. The van der Waals surface area contributed by atoms with Crippen LogP contribution in [-0.4, -0.2) is 27.7 Å². The first kappa shape index (κ1) is 15.5. The fourth-order valence-corrected chi connectivity index (χ4v) is 3.05. The summed E-state index contributed by atoms with van der Waals surface area (Å²) in [5.41, 5.74) is 0.773. The molecule has 23 heavy (non-hydrogen) atoms. The molecule has 1 aliphatic carbocycles. The van der Waals surface area contributed by atoms with Gasteiger partial charge in [0, 0.05) is 30.1 Å². The van der Waals surface area contributed by atoms with Crippen molar-refractivity contribution in [2.45, 2.75) is 25.8 Å². The molecule has 2 aromatic rings. The van der Waals surface area contributed by atoms with Gasteiger partial charge in [0.15, 0.2) is 10.9 Å². The van der Waals surface area contributed by atoms with Gasteiger partial charge in [-0.15, -0.1) is 11.3 Å². The maximum atomic E-state index is 13.1. The van der Waals surface area contributed by atoms with Gasteiger partial charge in [0.2, 0.25) is 5.91 Å². The molecule has 0 spiro atoms. The smallest absolute Gasteiger partial charge is 0.225 e. The average Bonchev–Trinajstić information content (AvgIpc) is 3.23. The van der Waals surface area contributed by atoms with Crippen LogP contribution >= 0.6 is 11.3 Å². The van der Waals surface area contributed by atoms with Crippen molar-refractivity contribution in [2.24, 2.45) is 0 Å². The van der Waals surface area contributed by atoms with Crippen LogP contribution in [0.25, 0.3) is 6.08 Å². The minimum atomic E-state index is -0.554. The molecule has 1 fully saturated rings. The number of thiazole rings is 1. The molecule has 2 heterocycles. The predicted octanol–water partition coefficient (Wildman–Crippen LogP) is 3.09. The van der Waals surface area contributed by atoms with Crippen molar-refractivity contribution in [1.82, 2.24) is 9.97 Å². The molecule has 0 radical (unpaired) electrons.